The van der Waals surface area contributed by atoms with Gasteiger partial charge in [-0.15, -0.1) is 10.2 Å². The van der Waals surface area contributed by atoms with Crippen molar-refractivity contribution in [2.45, 2.75) is 11.3 Å². The van der Waals surface area contributed by atoms with Crippen molar-refractivity contribution in [3.05, 3.63) is 60.4 Å². The molecule has 0 bridgehead atoms. The van der Waals surface area contributed by atoms with Crippen molar-refractivity contribution in [3.63, 3.8) is 0 Å². The Balaban J connectivity index is 1.53. The van der Waals surface area contributed by atoms with Crippen molar-refractivity contribution >= 4 is 23.4 Å². The molecule has 0 unspecified atom stereocenters. The first-order valence-electron chi connectivity index (χ1n) is 8.05. The Bertz CT molecular complexity index is 944. The molecular weight excluding hydrogens is 393 g/mol. The van der Waals surface area contributed by atoms with Gasteiger partial charge in [0.05, 0.1) is 5.75 Å². The van der Waals surface area contributed by atoms with Gasteiger partial charge in [0.25, 0.3) is 0 Å². The highest BCUT2D eigenvalue weighted by atomic mass is 32.2. The van der Waals surface area contributed by atoms with Gasteiger partial charge in [0.2, 0.25) is 11.7 Å². The van der Waals surface area contributed by atoms with Gasteiger partial charge in [-0.2, -0.15) is 13.2 Å². The van der Waals surface area contributed by atoms with Crippen LogP contribution in [0.25, 0.3) is 0 Å². The van der Waals surface area contributed by atoms with Crippen molar-refractivity contribution in [1.82, 2.24) is 14.8 Å². The number of alkyl halides is 3. The summed E-state index contributed by atoms with van der Waals surface area (Å²) in [6, 6.07) is 16.0. The molecule has 1 amide bonds. The maximum atomic E-state index is 12.7. The number of benzene rings is 2. The Morgan fingerprint density at radius 3 is 2.32 bits per heavy atom. The van der Waals surface area contributed by atoms with Crippen LogP contribution in [0.2, 0.25) is 0 Å². The van der Waals surface area contributed by atoms with Crippen LogP contribution in [0.1, 0.15) is 5.82 Å². The van der Waals surface area contributed by atoms with Gasteiger partial charge in [0, 0.05) is 12.7 Å². The van der Waals surface area contributed by atoms with Crippen molar-refractivity contribution in [2.24, 2.45) is 7.05 Å². The van der Waals surface area contributed by atoms with E-state index in [0.717, 1.165) is 16.3 Å². The SMILES string of the molecule is Cn1c(SCC(=O)Nc2ccc(Oc3ccccc3)cc2)nnc1C(F)(F)F. The summed E-state index contributed by atoms with van der Waals surface area (Å²) >= 11 is 0.869. The largest absolute Gasteiger partial charge is 0.457 e. The summed E-state index contributed by atoms with van der Waals surface area (Å²) in [6.07, 6.45) is -4.59. The quantitative estimate of drug-likeness (QED) is 0.614. The van der Waals surface area contributed by atoms with Gasteiger partial charge in [-0.05, 0) is 36.4 Å². The summed E-state index contributed by atoms with van der Waals surface area (Å²) in [5.41, 5.74) is 0.542. The van der Waals surface area contributed by atoms with E-state index in [1.807, 2.05) is 30.3 Å². The number of carbonyl (C=O) groups is 1. The van der Waals surface area contributed by atoms with E-state index in [1.54, 1.807) is 24.3 Å². The minimum atomic E-state index is -4.59. The van der Waals surface area contributed by atoms with E-state index in [9.17, 15) is 18.0 Å². The van der Waals surface area contributed by atoms with Crippen LogP contribution in [0.5, 0.6) is 11.5 Å². The number of rotatable bonds is 6. The second-order valence-electron chi connectivity index (χ2n) is 5.64. The lowest BCUT2D eigenvalue weighted by atomic mass is 10.3. The summed E-state index contributed by atoms with van der Waals surface area (Å²) in [6.45, 7) is 0. The lowest BCUT2D eigenvalue weighted by Gasteiger charge is -2.08. The summed E-state index contributed by atoms with van der Waals surface area (Å²) in [5.74, 6) is -0.288. The van der Waals surface area contributed by atoms with Crippen LogP contribution in [0, 0.1) is 0 Å². The second kappa shape index (κ2) is 8.34. The van der Waals surface area contributed by atoms with E-state index in [0.29, 0.717) is 17.2 Å². The molecule has 28 heavy (non-hydrogen) atoms. The number of carbonyl (C=O) groups excluding carboxylic acids is 1. The highest BCUT2D eigenvalue weighted by Gasteiger charge is 2.37. The first kappa shape index (κ1) is 19.7. The molecule has 146 valence electrons. The molecule has 0 atom stereocenters. The highest BCUT2D eigenvalue weighted by molar-refractivity contribution is 7.99. The smallest absolute Gasteiger partial charge is 0.451 e. The molecule has 1 N–H and O–H groups in total. The maximum absolute atomic E-state index is 12.7. The number of anilines is 1. The molecule has 0 spiro atoms. The summed E-state index contributed by atoms with van der Waals surface area (Å²) in [7, 11) is 1.20. The predicted octanol–water partition coefficient (Wildman–Crippen LogP) is 4.36. The third kappa shape index (κ3) is 5.03. The van der Waals surface area contributed by atoms with E-state index >= 15 is 0 Å². The topological polar surface area (TPSA) is 69.0 Å². The van der Waals surface area contributed by atoms with E-state index in [4.69, 9.17) is 4.74 Å². The number of ether oxygens (including phenoxy) is 1. The van der Waals surface area contributed by atoms with Crippen LogP contribution < -0.4 is 10.1 Å². The molecule has 3 aromatic rings. The average molecular weight is 408 g/mol. The minimum Gasteiger partial charge on any atom is -0.457 e. The highest BCUT2D eigenvalue weighted by Crippen LogP contribution is 2.29. The summed E-state index contributed by atoms with van der Waals surface area (Å²) < 4.78 is 44.6. The molecule has 0 aliphatic carbocycles. The van der Waals surface area contributed by atoms with Gasteiger partial charge < -0.3 is 14.6 Å². The van der Waals surface area contributed by atoms with Gasteiger partial charge in [-0.1, -0.05) is 30.0 Å². The Morgan fingerprint density at radius 2 is 1.71 bits per heavy atom. The Labute approximate surface area is 162 Å². The lowest BCUT2D eigenvalue weighted by molar-refractivity contribution is -0.147. The first-order chi connectivity index (χ1) is 13.3. The van der Waals surface area contributed by atoms with Crippen molar-refractivity contribution in [2.75, 3.05) is 11.1 Å². The first-order valence-corrected chi connectivity index (χ1v) is 9.03. The molecule has 2 aromatic carbocycles. The fourth-order valence-corrected chi connectivity index (χ4v) is 2.96. The van der Waals surface area contributed by atoms with Gasteiger partial charge in [0.15, 0.2) is 5.16 Å². The van der Waals surface area contributed by atoms with Gasteiger partial charge in [-0.3, -0.25) is 4.79 Å². The van der Waals surface area contributed by atoms with Crippen LogP contribution in [-0.2, 0) is 18.0 Å². The molecule has 0 aliphatic heterocycles. The maximum Gasteiger partial charge on any atom is 0.451 e. The second-order valence-corrected chi connectivity index (χ2v) is 6.58. The molecule has 6 nitrogen and oxygen atoms in total. The molecule has 1 aromatic heterocycles. The van der Waals surface area contributed by atoms with Crippen LogP contribution in [-0.4, -0.2) is 26.4 Å². The Morgan fingerprint density at radius 1 is 1.07 bits per heavy atom. The Kier molecular flexibility index (Phi) is 5.88. The van der Waals surface area contributed by atoms with Gasteiger partial charge in [-0.25, -0.2) is 0 Å². The van der Waals surface area contributed by atoms with Crippen molar-refractivity contribution in [1.29, 1.82) is 0 Å². The zero-order chi connectivity index (χ0) is 20.1. The van der Waals surface area contributed by atoms with Crippen LogP contribution in [0.15, 0.2) is 59.8 Å². The number of nitrogens with zero attached hydrogens (tertiary/aromatic N) is 3. The van der Waals surface area contributed by atoms with E-state index in [1.165, 1.54) is 7.05 Å². The van der Waals surface area contributed by atoms with E-state index in [2.05, 4.69) is 15.5 Å². The number of thioether (sulfide) groups is 1. The fourth-order valence-electron chi connectivity index (χ4n) is 2.25. The standard InChI is InChI=1S/C18H15F3N4O2S/c1-25-16(18(19,20)21)23-24-17(25)28-11-15(26)22-12-7-9-14(10-8-12)27-13-5-3-2-4-6-13/h2-10H,11H2,1H3,(H,22,26). The molecule has 0 radical (unpaired) electrons. The fraction of sp³-hybridized carbons (Fsp3) is 0.167. The normalized spacial score (nSPS) is 11.3. The molecule has 3 rings (SSSR count). The van der Waals surface area contributed by atoms with Gasteiger partial charge >= 0.3 is 6.18 Å². The number of hydrogen-bond acceptors (Lipinski definition) is 5. The third-order valence-electron chi connectivity index (χ3n) is 3.54. The predicted molar refractivity (Wildman–Crippen MR) is 98.3 cm³/mol. The number of nitrogens with one attached hydrogen (secondary N) is 1. The number of amides is 1. The minimum absolute atomic E-state index is 0.00841. The number of aromatic nitrogens is 3. The molecule has 0 saturated carbocycles. The van der Waals surface area contributed by atoms with Crippen LogP contribution in [0.3, 0.4) is 0 Å². The lowest BCUT2D eigenvalue weighted by Crippen LogP contribution is -2.15. The third-order valence-corrected chi connectivity index (χ3v) is 4.56. The average Bonchev–Trinajstić information content (AvgIpc) is 3.03. The van der Waals surface area contributed by atoms with Crippen LogP contribution in [0.4, 0.5) is 18.9 Å². The van der Waals surface area contributed by atoms with Crippen molar-refractivity contribution < 1.29 is 22.7 Å². The summed E-state index contributed by atoms with van der Waals surface area (Å²) in [4.78, 5) is 12.0. The molecular formula is C18H15F3N4O2S. The molecule has 0 saturated heterocycles. The van der Waals surface area contributed by atoms with Crippen LogP contribution >= 0.6 is 11.8 Å². The number of hydrogen-bond donors (Lipinski definition) is 1. The molecule has 0 aliphatic rings. The zero-order valence-electron chi connectivity index (χ0n) is 14.6. The van der Waals surface area contributed by atoms with E-state index in [-0.39, 0.29) is 16.8 Å². The van der Waals surface area contributed by atoms with E-state index < -0.39 is 12.0 Å². The zero-order valence-corrected chi connectivity index (χ0v) is 15.4. The monoisotopic (exact) mass is 408 g/mol. The summed E-state index contributed by atoms with van der Waals surface area (Å²) in [5, 5.41) is 9.26. The number of halogens is 3. The molecule has 1 heterocycles. The Hall–Kier alpha value is -3.01. The molecule has 0 fully saturated rings. The van der Waals surface area contributed by atoms with Gasteiger partial charge in [0.1, 0.15) is 11.5 Å². The van der Waals surface area contributed by atoms with Crippen molar-refractivity contribution in [3.8, 4) is 11.5 Å². The molecule has 10 heteroatoms. The number of para-hydroxylation sites is 1.